The summed E-state index contributed by atoms with van der Waals surface area (Å²) in [4.78, 5) is 40.8. The van der Waals surface area contributed by atoms with Gasteiger partial charge < -0.3 is 10.2 Å². The van der Waals surface area contributed by atoms with Gasteiger partial charge in [-0.2, -0.15) is 0 Å². The van der Waals surface area contributed by atoms with Gasteiger partial charge in [0.25, 0.3) is 17.7 Å². The van der Waals surface area contributed by atoms with Gasteiger partial charge in [-0.3, -0.25) is 14.4 Å². The van der Waals surface area contributed by atoms with Crippen molar-refractivity contribution in [1.82, 2.24) is 4.90 Å². The van der Waals surface area contributed by atoms with Crippen LogP contribution in [0.25, 0.3) is 0 Å². The molecule has 1 N–H and O–H groups in total. The van der Waals surface area contributed by atoms with Crippen LogP contribution in [0, 0.1) is 6.92 Å². The van der Waals surface area contributed by atoms with Crippen molar-refractivity contribution in [3.05, 3.63) is 70.4 Å². The molecule has 0 aromatic heterocycles. The van der Waals surface area contributed by atoms with E-state index < -0.39 is 11.8 Å². The third kappa shape index (κ3) is 3.51. The van der Waals surface area contributed by atoms with E-state index in [9.17, 15) is 14.4 Å². The van der Waals surface area contributed by atoms with Gasteiger partial charge in [0.15, 0.2) is 0 Å². The van der Waals surface area contributed by atoms with Gasteiger partial charge in [0.1, 0.15) is 10.7 Å². The number of carbonyl (C=O) groups excluding carboxylic acids is 3. The normalized spacial score (nSPS) is 16.8. The number of carbonyl (C=O) groups is 3. The molecule has 148 valence electrons. The molecular weight excluding hydrogens is 390 g/mol. The second-order valence-corrected chi connectivity index (χ2v) is 7.50. The number of nitrogens with one attached hydrogen (secondary N) is 1. The maximum atomic E-state index is 12.9. The number of nitrogens with zero attached hydrogens (tertiary/aromatic N) is 2. The zero-order valence-electron chi connectivity index (χ0n) is 15.9. The van der Waals surface area contributed by atoms with Gasteiger partial charge >= 0.3 is 0 Å². The summed E-state index contributed by atoms with van der Waals surface area (Å²) in [5.41, 5.74) is 2.49. The van der Waals surface area contributed by atoms with Gasteiger partial charge in [0, 0.05) is 24.3 Å². The summed E-state index contributed by atoms with van der Waals surface area (Å²) in [6, 6.07) is 13.9. The minimum absolute atomic E-state index is 0.00384. The Labute approximate surface area is 173 Å². The summed E-state index contributed by atoms with van der Waals surface area (Å²) >= 11 is 6.18. The predicted octanol–water partition coefficient (Wildman–Crippen LogP) is 3.67. The van der Waals surface area contributed by atoms with E-state index >= 15 is 0 Å². The molecule has 0 spiro atoms. The fourth-order valence-electron chi connectivity index (χ4n) is 3.59. The summed E-state index contributed by atoms with van der Waals surface area (Å²) in [6.07, 6.45) is 2.07. The molecule has 0 radical (unpaired) electrons. The highest BCUT2D eigenvalue weighted by Gasteiger charge is 2.39. The van der Waals surface area contributed by atoms with E-state index in [2.05, 4.69) is 5.32 Å². The molecule has 2 heterocycles. The lowest BCUT2D eigenvalue weighted by atomic mass is 10.1. The van der Waals surface area contributed by atoms with E-state index in [4.69, 9.17) is 11.6 Å². The highest BCUT2D eigenvalue weighted by Crippen LogP contribution is 2.31. The molecule has 1 saturated heterocycles. The van der Waals surface area contributed by atoms with Gasteiger partial charge in [-0.25, -0.2) is 4.90 Å². The molecule has 6 nitrogen and oxygen atoms in total. The fraction of sp³-hybridized carbons (Fsp3) is 0.227. The van der Waals surface area contributed by atoms with Gasteiger partial charge in [-0.1, -0.05) is 29.8 Å². The molecule has 0 atom stereocenters. The lowest BCUT2D eigenvalue weighted by molar-refractivity contribution is -0.120. The van der Waals surface area contributed by atoms with Crippen LogP contribution in [0.2, 0.25) is 0 Å². The molecule has 2 aliphatic rings. The van der Waals surface area contributed by atoms with Crippen LogP contribution < -0.4 is 10.2 Å². The SMILES string of the molecule is Cc1ccccc1N1C(=O)C(Cl)=C(Nc2ccc(C(=O)N3CCCC3)cc2)C1=O. The monoisotopic (exact) mass is 409 g/mol. The molecule has 0 unspecified atom stereocenters. The Morgan fingerprint density at radius 2 is 1.62 bits per heavy atom. The summed E-state index contributed by atoms with van der Waals surface area (Å²) in [5, 5.41) is 2.78. The highest BCUT2D eigenvalue weighted by atomic mass is 35.5. The summed E-state index contributed by atoms with van der Waals surface area (Å²) in [5.74, 6) is -1.06. The van der Waals surface area contributed by atoms with Gasteiger partial charge in [-0.15, -0.1) is 0 Å². The van der Waals surface area contributed by atoms with Crippen molar-refractivity contribution in [2.45, 2.75) is 19.8 Å². The van der Waals surface area contributed by atoms with Crippen LogP contribution in [-0.4, -0.2) is 35.7 Å². The average molecular weight is 410 g/mol. The molecule has 4 rings (SSSR count). The number of halogens is 1. The summed E-state index contributed by atoms with van der Waals surface area (Å²) in [6.45, 7) is 3.39. The predicted molar refractivity (Wildman–Crippen MR) is 112 cm³/mol. The molecule has 2 aliphatic heterocycles. The first-order valence-electron chi connectivity index (χ1n) is 9.48. The average Bonchev–Trinajstić information content (AvgIpc) is 3.33. The van der Waals surface area contributed by atoms with Crippen LogP contribution in [0.1, 0.15) is 28.8 Å². The second kappa shape index (κ2) is 7.72. The number of amides is 3. The Bertz CT molecular complexity index is 1020. The van der Waals surface area contributed by atoms with E-state index in [0.29, 0.717) is 16.9 Å². The van der Waals surface area contributed by atoms with E-state index in [-0.39, 0.29) is 16.6 Å². The van der Waals surface area contributed by atoms with Gasteiger partial charge in [-0.05, 0) is 55.7 Å². The molecule has 0 bridgehead atoms. The summed E-state index contributed by atoms with van der Waals surface area (Å²) < 4.78 is 0. The molecule has 2 aromatic rings. The van der Waals surface area contributed by atoms with Gasteiger partial charge in [0.2, 0.25) is 0 Å². The van der Waals surface area contributed by atoms with Gasteiger partial charge in [0.05, 0.1) is 5.69 Å². The smallest absolute Gasteiger partial charge is 0.283 e. The number of para-hydroxylation sites is 1. The molecule has 0 saturated carbocycles. The number of anilines is 2. The molecule has 2 aromatic carbocycles. The quantitative estimate of drug-likeness (QED) is 0.782. The Balaban J connectivity index is 1.53. The highest BCUT2D eigenvalue weighted by molar-refractivity contribution is 6.53. The second-order valence-electron chi connectivity index (χ2n) is 7.12. The standard InChI is InChI=1S/C22H20ClN3O3/c1-14-6-2-3-7-17(14)26-21(28)18(23)19(22(26)29)24-16-10-8-15(9-11-16)20(27)25-12-4-5-13-25/h2-3,6-11,24H,4-5,12-13H2,1H3. The van der Waals surface area contributed by atoms with E-state index in [0.717, 1.165) is 36.4 Å². The third-order valence-corrected chi connectivity index (χ3v) is 5.53. The minimum Gasteiger partial charge on any atom is -0.350 e. The van der Waals surface area contributed by atoms with Crippen molar-refractivity contribution in [2.75, 3.05) is 23.3 Å². The van der Waals surface area contributed by atoms with E-state index in [1.807, 2.05) is 24.0 Å². The Morgan fingerprint density at radius 1 is 0.966 bits per heavy atom. The van der Waals surface area contributed by atoms with Crippen LogP contribution in [0.4, 0.5) is 11.4 Å². The maximum Gasteiger partial charge on any atom is 0.283 e. The van der Waals surface area contributed by atoms with Crippen LogP contribution in [-0.2, 0) is 9.59 Å². The van der Waals surface area contributed by atoms with Crippen molar-refractivity contribution >= 4 is 40.7 Å². The number of aryl methyl sites for hydroxylation is 1. The number of rotatable bonds is 4. The van der Waals surface area contributed by atoms with Crippen LogP contribution >= 0.6 is 11.6 Å². The molecule has 3 amide bonds. The lowest BCUT2D eigenvalue weighted by Crippen LogP contribution is -2.32. The summed E-state index contributed by atoms with van der Waals surface area (Å²) in [7, 11) is 0. The largest absolute Gasteiger partial charge is 0.350 e. The van der Waals surface area contributed by atoms with Crippen molar-refractivity contribution in [3.8, 4) is 0 Å². The van der Waals surface area contributed by atoms with Crippen molar-refractivity contribution in [1.29, 1.82) is 0 Å². The first-order chi connectivity index (χ1) is 14.0. The fourth-order valence-corrected chi connectivity index (χ4v) is 3.80. The minimum atomic E-state index is -0.561. The maximum absolute atomic E-state index is 12.9. The number of likely N-dealkylation sites (tertiary alicyclic amines) is 1. The van der Waals surface area contributed by atoms with E-state index in [1.54, 1.807) is 36.4 Å². The lowest BCUT2D eigenvalue weighted by Gasteiger charge is -2.17. The van der Waals surface area contributed by atoms with E-state index in [1.165, 1.54) is 0 Å². The molecule has 0 aliphatic carbocycles. The van der Waals surface area contributed by atoms with Crippen molar-refractivity contribution in [2.24, 2.45) is 0 Å². The molecule has 1 fully saturated rings. The van der Waals surface area contributed by atoms with Crippen LogP contribution in [0.3, 0.4) is 0 Å². The first kappa shape index (κ1) is 19.2. The van der Waals surface area contributed by atoms with Crippen LogP contribution in [0.15, 0.2) is 59.3 Å². The zero-order chi connectivity index (χ0) is 20.5. The van der Waals surface area contributed by atoms with Crippen LogP contribution in [0.5, 0.6) is 0 Å². The van der Waals surface area contributed by atoms with Crippen molar-refractivity contribution < 1.29 is 14.4 Å². The number of benzene rings is 2. The topological polar surface area (TPSA) is 69.7 Å². The Hall–Kier alpha value is -3.12. The Kier molecular flexibility index (Phi) is 5.11. The molecular formula is C22H20ClN3O3. The molecule has 29 heavy (non-hydrogen) atoms. The number of hydrogen-bond donors (Lipinski definition) is 1. The molecule has 7 heteroatoms. The van der Waals surface area contributed by atoms with Crippen molar-refractivity contribution in [3.63, 3.8) is 0 Å². The Morgan fingerprint density at radius 3 is 2.28 bits per heavy atom. The zero-order valence-corrected chi connectivity index (χ0v) is 16.7. The number of imide groups is 1. The first-order valence-corrected chi connectivity index (χ1v) is 9.85. The third-order valence-electron chi connectivity index (χ3n) is 5.18. The number of hydrogen-bond acceptors (Lipinski definition) is 4.